The van der Waals surface area contributed by atoms with Crippen LogP contribution in [0.3, 0.4) is 0 Å². The van der Waals surface area contributed by atoms with E-state index in [2.05, 4.69) is 24.9 Å². The number of amidine groups is 1. The Hall–Kier alpha value is -1.34. The van der Waals surface area contributed by atoms with E-state index in [0.717, 1.165) is 24.1 Å². The number of thioether (sulfide) groups is 1. The van der Waals surface area contributed by atoms with E-state index in [1.165, 1.54) is 11.8 Å². The second kappa shape index (κ2) is 7.95. The highest BCUT2D eigenvalue weighted by atomic mass is 32.2. The molecule has 2 atom stereocenters. The van der Waals surface area contributed by atoms with Crippen molar-refractivity contribution < 1.29 is 13.2 Å². The molecule has 0 bridgehead atoms. The van der Waals surface area contributed by atoms with Crippen LogP contribution in [-0.2, 0) is 14.6 Å². The Balaban J connectivity index is 2.06. The third-order valence-corrected chi connectivity index (χ3v) is 8.64. The predicted molar refractivity (Wildman–Crippen MR) is 113 cm³/mol. The van der Waals surface area contributed by atoms with Gasteiger partial charge in [0.2, 0.25) is 0 Å². The lowest BCUT2D eigenvalue weighted by Crippen LogP contribution is -2.38. The summed E-state index contributed by atoms with van der Waals surface area (Å²) in [5, 5.41) is 0.591. The minimum Gasteiger partial charge on any atom is -0.315 e. The monoisotopic (exact) mass is 408 g/mol. The molecule has 2 heterocycles. The molecule has 1 amide bonds. The van der Waals surface area contributed by atoms with Gasteiger partial charge in [0.25, 0.3) is 5.91 Å². The molecular formula is C20H28N2O3S2. The SMILES string of the molecule is CCC(CC)C(=O)N=C1S[C@@H]2CS(=O)(=O)C[C@@H]2N1c1ccccc1C(C)C. The Labute approximate surface area is 166 Å². The first-order chi connectivity index (χ1) is 12.8. The molecule has 27 heavy (non-hydrogen) atoms. The van der Waals surface area contributed by atoms with Gasteiger partial charge < -0.3 is 4.90 Å². The van der Waals surface area contributed by atoms with Gasteiger partial charge in [0.05, 0.1) is 17.5 Å². The molecule has 0 radical (unpaired) electrons. The van der Waals surface area contributed by atoms with Crippen LogP contribution in [-0.4, -0.2) is 42.3 Å². The van der Waals surface area contributed by atoms with E-state index in [4.69, 9.17) is 0 Å². The van der Waals surface area contributed by atoms with Crippen molar-refractivity contribution in [1.82, 2.24) is 0 Å². The van der Waals surface area contributed by atoms with E-state index in [9.17, 15) is 13.2 Å². The smallest absolute Gasteiger partial charge is 0.251 e. The van der Waals surface area contributed by atoms with Crippen LogP contribution in [0.1, 0.15) is 52.0 Å². The van der Waals surface area contributed by atoms with Gasteiger partial charge in [-0.15, -0.1) is 0 Å². The molecule has 3 rings (SSSR count). The van der Waals surface area contributed by atoms with Gasteiger partial charge >= 0.3 is 0 Å². The van der Waals surface area contributed by atoms with E-state index in [0.29, 0.717) is 11.1 Å². The van der Waals surface area contributed by atoms with Gasteiger partial charge in [0.15, 0.2) is 15.0 Å². The quantitative estimate of drug-likeness (QED) is 0.740. The number of amides is 1. The summed E-state index contributed by atoms with van der Waals surface area (Å²) >= 11 is 1.45. The van der Waals surface area contributed by atoms with Crippen molar-refractivity contribution in [2.24, 2.45) is 10.9 Å². The average molecular weight is 409 g/mol. The van der Waals surface area contributed by atoms with Crippen LogP contribution in [0.15, 0.2) is 29.3 Å². The molecule has 1 aromatic carbocycles. The molecule has 1 aromatic rings. The van der Waals surface area contributed by atoms with Crippen molar-refractivity contribution >= 4 is 38.4 Å². The Morgan fingerprint density at radius 2 is 1.89 bits per heavy atom. The lowest BCUT2D eigenvalue weighted by Gasteiger charge is -2.28. The fourth-order valence-corrected chi connectivity index (χ4v) is 7.78. The topological polar surface area (TPSA) is 66.8 Å². The number of sulfone groups is 1. The molecule has 0 N–H and O–H groups in total. The molecule has 2 saturated heterocycles. The molecule has 0 aliphatic carbocycles. The van der Waals surface area contributed by atoms with E-state index in [1.807, 2.05) is 36.9 Å². The number of hydrogen-bond acceptors (Lipinski definition) is 4. The van der Waals surface area contributed by atoms with Crippen LogP contribution in [0.25, 0.3) is 0 Å². The van der Waals surface area contributed by atoms with E-state index >= 15 is 0 Å². The lowest BCUT2D eigenvalue weighted by molar-refractivity contribution is -0.121. The first-order valence-electron chi connectivity index (χ1n) is 9.65. The first-order valence-corrected chi connectivity index (χ1v) is 12.3. The van der Waals surface area contributed by atoms with Crippen LogP contribution >= 0.6 is 11.8 Å². The van der Waals surface area contributed by atoms with Gasteiger partial charge in [0.1, 0.15) is 0 Å². The molecular weight excluding hydrogens is 380 g/mol. The number of carbonyl (C=O) groups is 1. The molecule has 0 aromatic heterocycles. The van der Waals surface area contributed by atoms with Crippen molar-refractivity contribution in [2.45, 2.75) is 57.7 Å². The second-order valence-electron chi connectivity index (χ2n) is 7.63. The van der Waals surface area contributed by atoms with Gasteiger partial charge in [-0.2, -0.15) is 4.99 Å². The first kappa shape index (κ1) is 20.4. The molecule has 0 unspecified atom stereocenters. The van der Waals surface area contributed by atoms with E-state index in [-0.39, 0.29) is 34.6 Å². The third kappa shape index (κ3) is 4.09. The Morgan fingerprint density at radius 3 is 2.52 bits per heavy atom. The van der Waals surface area contributed by atoms with Crippen LogP contribution in [0.2, 0.25) is 0 Å². The number of rotatable bonds is 5. The van der Waals surface area contributed by atoms with Crippen LogP contribution in [0.4, 0.5) is 5.69 Å². The van der Waals surface area contributed by atoms with Crippen molar-refractivity contribution in [3.8, 4) is 0 Å². The summed E-state index contributed by atoms with van der Waals surface area (Å²) in [6, 6.07) is 7.88. The Morgan fingerprint density at radius 1 is 1.22 bits per heavy atom. The summed E-state index contributed by atoms with van der Waals surface area (Å²) < 4.78 is 24.4. The maximum absolute atomic E-state index is 12.7. The van der Waals surface area contributed by atoms with Gasteiger partial charge in [-0.05, 0) is 30.4 Å². The minimum absolute atomic E-state index is 0.0662. The number of nitrogens with zero attached hydrogens (tertiary/aromatic N) is 2. The van der Waals surface area contributed by atoms with Crippen LogP contribution in [0.5, 0.6) is 0 Å². The summed E-state index contributed by atoms with van der Waals surface area (Å²) in [6.07, 6.45) is 1.53. The molecule has 0 spiro atoms. The van der Waals surface area contributed by atoms with Gasteiger partial charge in [0, 0.05) is 16.9 Å². The normalized spacial score (nSPS) is 25.6. The van der Waals surface area contributed by atoms with E-state index < -0.39 is 9.84 Å². The Bertz CT molecular complexity index is 845. The molecule has 2 aliphatic heterocycles. The third-order valence-electron chi connectivity index (χ3n) is 5.43. The summed E-state index contributed by atoms with van der Waals surface area (Å²) in [6.45, 7) is 8.25. The summed E-state index contributed by atoms with van der Waals surface area (Å²) in [5.74, 6) is 0.386. The van der Waals surface area contributed by atoms with Crippen molar-refractivity contribution in [3.63, 3.8) is 0 Å². The molecule has 2 aliphatic rings. The van der Waals surface area contributed by atoms with Crippen molar-refractivity contribution in [2.75, 3.05) is 16.4 Å². The maximum Gasteiger partial charge on any atom is 0.251 e. The molecule has 0 saturated carbocycles. The number of anilines is 1. The summed E-state index contributed by atoms with van der Waals surface area (Å²) in [4.78, 5) is 19.2. The maximum atomic E-state index is 12.7. The standard InChI is InChI=1S/C20H28N2O3S2/c1-5-14(6-2)19(23)21-20-22(16-10-8-7-9-15(16)13(3)4)17-11-27(24,25)12-18(17)26-20/h7-10,13-14,17-18H,5-6,11-12H2,1-4H3/t17-,18+/m0/s1. The predicted octanol–water partition coefficient (Wildman–Crippen LogP) is 3.85. The van der Waals surface area contributed by atoms with Gasteiger partial charge in [-0.25, -0.2) is 8.42 Å². The number of benzene rings is 1. The molecule has 5 nitrogen and oxygen atoms in total. The highest BCUT2D eigenvalue weighted by Gasteiger charge is 2.49. The molecule has 7 heteroatoms. The van der Waals surface area contributed by atoms with Gasteiger partial charge in [-0.3, -0.25) is 4.79 Å². The highest BCUT2D eigenvalue weighted by molar-refractivity contribution is 8.16. The number of carbonyl (C=O) groups excluding carboxylic acids is 1. The summed E-state index contributed by atoms with van der Waals surface area (Å²) in [5.41, 5.74) is 2.12. The largest absolute Gasteiger partial charge is 0.315 e. The molecule has 2 fully saturated rings. The average Bonchev–Trinajstić information content (AvgIpc) is 3.06. The van der Waals surface area contributed by atoms with Crippen LogP contribution < -0.4 is 4.90 Å². The fraction of sp³-hybridized carbons (Fsp3) is 0.600. The summed E-state index contributed by atoms with van der Waals surface area (Å²) in [7, 11) is -3.06. The van der Waals surface area contributed by atoms with Gasteiger partial charge in [-0.1, -0.05) is 57.7 Å². The zero-order valence-electron chi connectivity index (χ0n) is 16.4. The number of hydrogen-bond donors (Lipinski definition) is 0. The van der Waals surface area contributed by atoms with Crippen LogP contribution in [0, 0.1) is 5.92 Å². The number of para-hydroxylation sites is 1. The zero-order valence-corrected chi connectivity index (χ0v) is 18.0. The van der Waals surface area contributed by atoms with Crippen molar-refractivity contribution in [3.05, 3.63) is 29.8 Å². The second-order valence-corrected chi connectivity index (χ2v) is 11.0. The zero-order chi connectivity index (χ0) is 19.8. The number of fused-ring (bicyclic) bond motifs is 1. The minimum atomic E-state index is -3.06. The Kier molecular flexibility index (Phi) is 6.01. The lowest BCUT2D eigenvalue weighted by atomic mass is 9.99. The number of aliphatic imine (C=N–C) groups is 1. The highest BCUT2D eigenvalue weighted by Crippen LogP contribution is 2.43. The molecule has 148 valence electrons. The fourth-order valence-electron chi connectivity index (χ4n) is 3.86. The van der Waals surface area contributed by atoms with E-state index in [1.54, 1.807) is 0 Å². The van der Waals surface area contributed by atoms with Crippen molar-refractivity contribution in [1.29, 1.82) is 0 Å².